The number of hydrogen-bond acceptors (Lipinski definition) is 4. The molecule has 1 aliphatic rings. The van der Waals surface area contributed by atoms with Crippen LogP contribution in [0.1, 0.15) is 6.92 Å². The number of nitrogens with zero attached hydrogens (tertiary/aromatic N) is 1. The normalized spacial score (nSPS) is 17.3. The molecule has 3 N–H and O–H groups in total. The molecule has 0 aliphatic carbocycles. The minimum absolute atomic E-state index is 0.0920. The molecule has 104 valence electrons. The molecule has 0 saturated carbocycles. The summed E-state index contributed by atoms with van der Waals surface area (Å²) < 4.78 is 13.2. The first kappa shape index (κ1) is 14.1. The lowest BCUT2D eigenvalue weighted by Gasteiger charge is -2.29. The highest BCUT2D eigenvalue weighted by molar-refractivity contribution is 8.00. The number of halogens is 1. The molecule has 1 saturated heterocycles. The summed E-state index contributed by atoms with van der Waals surface area (Å²) in [7, 11) is 0. The second-order valence-corrected chi connectivity index (χ2v) is 5.97. The van der Waals surface area contributed by atoms with Gasteiger partial charge in [0.05, 0.1) is 5.25 Å². The topological polar surface area (TPSA) is 58.4 Å². The molecule has 0 radical (unpaired) electrons. The van der Waals surface area contributed by atoms with Crippen LogP contribution >= 0.6 is 11.8 Å². The van der Waals surface area contributed by atoms with E-state index in [2.05, 4.69) is 5.32 Å². The molecular weight excluding hydrogens is 265 g/mol. The number of carbonyl (C=O) groups is 1. The number of nitrogens with two attached hydrogens (primary N) is 1. The van der Waals surface area contributed by atoms with Crippen molar-refractivity contribution < 1.29 is 9.18 Å². The third kappa shape index (κ3) is 3.84. The quantitative estimate of drug-likeness (QED) is 0.649. The second kappa shape index (κ2) is 6.25. The van der Waals surface area contributed by atoms with Gasteiger partial charge in [0, 0.05) is 36.8 Å². The predicted molar refractivity (Wildman–Crippen MR) is 75.6 cm³/mol. The van der Waals surface area contributed by atoms with Crippen LogP contribution in [-0.2, 0) is 4.79 Å². The Hall–Kier alpha value is -1.27. The Morgan fingerprint density at radius 3 is 2.74 bits per heavy atom. The SMILES string of the molecule is CC(Sc1cc(N)cc(F)c1)C(=O)N1CCNCC1. The van der Waals surface area contributed by atoms with Crippen LogP contribution in [0.2, 0.25) is 0 Å². The molecule has 4 nitrogen and oxygen atoms in total. The van der Waals surface area contributed by atoms with E-state index in [1.165, 1.54) is 23.9 Å². The maximum Gasteiger partial charge on any atom is 0.235 e. The number of hydrogen-bond donors (Lipinski definition) is 2. The molecule has 6 heteroatoms. The number of nitrogen functional groups attached to an aromatic ring is 1. The lowest BCUT2D eigenvalue weighted by Crippen LogP contribution is -2.48. The van der Waals surface area contributed by atoms with Gasteiger partial charge in [0.1, 0.15) is 5.82 Å². The average molecular weight is 283 g/mol. The Labute approximate surface area is 116 Å². The van der Waals surface area contributed by atoms with Crippen LogP contribution in [0.3, 0.4) is 0 Å². The first-order valence-electron chi connectivity index (χ1n) is 6.28. The summed E-state index contributed by atoms with van der Waals surface area (Å²) >= 11 is 1.34. The number of benzene rings is 1. The molecule has 0 spiro atoms. The van der Waals surface area contributed by atoms with Crippen LogP contribution in [0.15, 0.2) is 23.1 Å². The fraction of sp³-hybridized carbons (Fsp3) is 0.462. The highest BCUT2D eigenvalue weighted by Crippen LogP contribution is 2.27. The van der Waals surface area contributed by atoms with Gasteiger partial charge in [0.25, 0.3) is 0 Å². The van der Waals surface area contributed by atoms with Gasteiger partial charge in [-0.15, -0.1) is 11.8 Å². The van der Waals surface area contributed by atoms with Gasteiger partial charge in [-0.05, 0) is 25.1 Å². The monoisotopic (exact) mass is 283 g/mol. The van der Waals surface area contributed by atoms with E-state index in [0.29, 0.717) is 10.6 Å². The van der Waals surface area contributed by atoms with Crippen LogP contribution in [0.4, 0.5) is 10.1 Å². The smallest absolute Gasteiger partial charge is 0.235 e. The molecule has 2 rings (SSSR count). The van der Waals surface area contributed by atoms with Crippen molar-refractivity contribution in [2.45, 2.75) is 17.1 Å². The van der Waals surface area contributed by atoms with Crippen molar-refractivity contribution in [2.75, 3.05) is 31.9 Å². The summed E-state index contributed by atoms with van der Waals surface area (Å²) in [5.41, 5.74) is 5.98. The van der Waals surface area contributed by atoms with E-state index in [4.69, 9.17) is 5.73 Å². The van der Waals surface area contributed by atoms with Gasteiger partial charge in [-0.3, -0.25) is 4.79 Å². The lowest BCUT2D eigenvalue weighted by atomic mass is 10.3. The summed E-state index contributed by atoms with van der Waals surface area (Å²) in [4.78, 5) is 14.8. The third-order valence-electron chi connectivity index (χ3n) is 2.98. The standard InChI is InChI=1S/C13H18FN3OS/c1-9(13(18)17-4-2-16-3-5-17)19-12-7-10(14)6-11(15)8-12/h6-9,16H,2-5,15H2,1H3. The second-order valence-electron chi connectivity index (χ2n) is 4.56. The van der Waals surface area contributed by atoms with Gasteiger partial charge in [0.15, 0.2) is 0 Å². The number of thioether (sulfide) groups is 1. The number of rotatable bonds is 3. The number of amides is 1. The summed E-state index contributed by atoms with van der Waals surface area (Å²) in [6.45, 7) is 4.96. The van der Waals surface area contributed by atoms with Crippen molar-refractivity contribution >= 4 is 23.4 Å². The Morgan fingerprint density at radius 1 is 1.42 bits per heavy atom. The van der Waals surface area contributed by atoms with Crippen LogP contribution in [-0.4, -0.2) is 42.2 Å². The van der Waals surface area contributed by atoms with Gasteiger partial charge >= 0.3 is 0 Å². The van der Waals surface area contributed by atoms with E-state index < -0.39 is 0 Å². The highest BCUT2D eigenvalue weighted by Gasteiger charge is 2.22. The van der Waals surface area contributed by atoms with Crippen molar-refractivity contribution in [3.8, 4) is 0 Å². The molecule has 1 unspecified atom stereocenters. The molecule has 0 bridgehead atoms. The van der Waals surface area contributed by atoms with Gasteiger partial charge in [0.2, 0.25) is 5.91 Å². The van der Waals surface area contributed by atoms with E-state index in [9.17, 15) is 9.18 Å². The summed E-state index contributed by atoms with van der Waals surface area (Å²) in [5.74, 6) is -0.279. The predicted octanol–water partition coefficient (Wildman–Crippen LogP) is 1.32. The molecule has 1 aliphatic heterocycles. The molecule has 1 amide bonds. The number of anilines is 1. The number of carbonyl (C=O) groups excluding carboxylic acids is 1. The Morgan fingerprint density at radius 2 is 2.11 bits per heavy atom. The molecule has 1 aromatic rings. The van der Waals surface area contributed by atoms with Crippen molar-refractivity contribution in [1.29, 1.82) is 0 Å². The highest BCUT2D eigenvalue weighted by atomic mass is 32.2. The molecule has 1 heterocycles. The first-order chi connectivity index (χ1) is 9.06. The number of nitrogens with one attached hydrogen (secondary N) is 1. The number of piperazine rings is 1. The fourth-order valence-electron chi connectivity index (χ4n) is 2.05. The van der Waals surface area contributed by atoms with Crippen LogP contribution in [0.5, 0.6) is 0 Å². The van der Waals surface area contributed by atoms with Crippen LogP contribution < -0.4 is 11.1 Å². The van der Waals surface area contributed by atoms with Crippen molar-refractivity contribution in [2.24, 2.45) is 0 Å². The molecular formula is C13H18FN3OS. The van der Waals surface area contributed by atoms with Crippen molar-refractivity contribution in [3.63, 3.8) is 0 Å². The van der Waals surface area contributed by atoms with Crippen molar-refractivity contribution in [3.05, 3.63) is 24.0 Å². The maximum absolute atomic E-state index is 13.2. The molecule has 19 heavy (non-hydrogen) atoms. The van der Waals surface area contributed by atoms with E-state index in [0.717, 1.165) is 26.2 Å². The minimum atomic E-state index is -0.371. The van der Waals surface area contributed by atoms with Gasteiger partial charge in [-0.25, -0.2) is 4.39 Å². The molecule has 1 aromatic carbocycles. The van der Waals surface area contributed by atoms with E-state index in [1.54, 1.807) is 6.07 Å². The summed E-state index contributed by atoms with van der Waals surface area (Å²) in [6.07, 6.45) is 0. The molecule has 1 atom stereocenters. The Balaban J connectivity index is 1.99. The van der Waals surface area contributed by atoms with Gasteiger partial charge < -0.3 is 16.0 Å². The summed E-state index contributed by atoms with van der Waals surface area (Å²) in [5, 5.41) is 2.97. The zero-order valence-electron chi connectivity index (χ0n) is 10.9. The Kier molecular flexibility index (Phi) is 4.66. The first-order valence-corrected chi connectivity index (χ1v) is 7.16. The van der Waals surface area contributed by atoms with E-state index in [-0.39, 0.29) is 17.0 Å². The third-order valence-corrected chi connectivity index (χ3v) is 4.05. The van der Waals surface area contributed by atoms with Gasteiger partial charge in [-0.1, -0.05) is 0 Å². The van der Waals surface area contributed by atoms with Crippen LogP contribution in [0, 0.1) is 5.82 Å². The molecule has 0 aromatic heterocycles. The van der Waals surface area contributed by atoms with E-state index >= 15 is 0 Å². The lowest BCUT2D eigenvalue weighted by molar-refractivity contribution is -0.130. The largest absolute Gasteiger partial charge is 0.399 e. The van der Waals surface area contributed by atoms with Gasteiger partial charge in [-0.2, -0.15) is 0 Å². The zero-order valence-corrected chi connectivity index (χ0v) is 11.7. The summed E-state index contributed by atoms with van der Waals surface area (Å²) in [6, 6.07) is 4.37. The Bertz CT molecular complexity index is 443. The average Bonchev–Trinajstić information content (AvgIpc) is 2.37. The maximum atomic E-state index is 13.2. The zero-order chi connectivity index (χ0) is 13.8. The van der Waals surface area contributed by atoms with E-state index in [1.807, 2.05) is 11.8 Å². The minimum Gasteiger partial charge on any atom is -0.399 e. The van der Waals surface area contributed by atoms with Crippen LogP contribution in [0.25, 0.3) is 0 Å². The molecule has 1 fully saturated rings. The van der Waals surface area contributed by atoms with Crippen molar-refractivity contribution in [1.82, 2.24) is 10.2 Å². The fourth-order valence-corrected chi connectivity index (χ4v) is 3.09.